The minimum absolute atomic E-state index is 0.376. The van der Waals surface area contributed by atoms with E-state index in [0.29, 0.717) is 18.7 Å². The van der Waals surface area contributed by atoms with Crippen molar-refractivity contribution < 1.29 is 17.9 Å². The molecule has 0 fully saturated rings. The second-order valence-electron chi connectivity index (χ2n) is 4.52. The third-order valence-electron chi connectivity index (χ3n) is 3.04. The molecule has 0 aliphatic carbocycles. The van der Waals surface area contributed by atoms with Crippen LogP contribution in [0.25, 0.3) is 10.8 Å². The highest BCUT2D eigenvalue weighted by Gasteiger charge is 2.27. The Morgan fingerprint density at radius 1 is 1.05 bits per heavy atom. The Kier molecular flexibility index (Phi) is 4.49. The Bertz CT molecular complexity index is 581. The lowest BCUT2D eigenvalue weighted by Crippen LogP contribution is -2.14. The molecule has 0 aliphatic heterocycles. The van der Waals surface area contributed by atoms with E-state index in [4.69, 9.17) is 10.5 Å². The van der Waals surface area contributed by atoms with E-state index in [1.807, 2.05) is 30.3 Å². The molecule has 0 bridgehead atoms. The fourth-order valence-corrected chi connectivity index (χ4v) is 2.13. The predicted molar refractivity (Wildman–Crippen MR) is 72.9 cm³/mol. The first-order valence-corrected chi connectivity index (χ1v) is 6.41. The molecule has 0 atom stereocenters. The number of hydrogen-bond acceptors (Lipinski definition) is 2. The molecule has 0 aliphatic rings. The molecule has 2 nitrogen and oxygen atoms in total. The van der Waals surface area contributed by atoms with Crippen LogP contribution in [0.3, 0.4) is 0 Å². The van der Waals surface area contributed by atoms with Crippen LogP contribution in [-0.4, -0.2) is 19.3 Å². The number of ether oxygens (including phenoxy) is 1. The van der Waals surface area contributed by atoms with Gasteiger partial charge in [0.15, 0.2) is 0 Å². The van der Waals surface area contributed by atoms with Gasteiger partial charge < -0.3 is 10.5 Å². The zero-order valence-corrected chi connectivity index (χ0v) is 10.9. The van der Waals surface area contributed by atoms with Crippen molar-refractivity contribution in [1.29, 1.82) is 0 Å². The quantitative estimate of drug-likeness (QED) is 0.908. The van der Waals surface area contributed by atoms with Gasteiger partial charge in [0.1, 0.15) is 5.75 Å². The average molecular weight is 283 g/mol. The van der Waals surface area contributed by atoms with Gasteiger partial charge in [-0.15, -0.1) is 0 Å². The normalized spacial score (nSPS) is 11.8. The first-order chi connectivity index (χ1) is 9.51. The number of halogens is 3. The molecule has 2 aromatic carbocycles. The average Bonchev–Trinajstić information content (AvgIpc) is 2.40. The van der Waals surface area contributed by atoms with Gasteiger partial charge in [-0.1, -0.05) is 30.3 Å². The van der Waals surface area contributed by atoms with E-state index in [1.54, 1.807) is 6.07 Å². The summed E-state index contributed by atoms with van der Waals surface area (Å²) in [7, 11) is 0. The van der Waals surface area contributed by atoms with Crippen molar-refractivity contribution in [2.45, 2.75) is 19.0 Å². The summed E-state index contributed by atoms with van der Waals surface area (Å²) in [5.41, 5.74) is 6.45. The molecule has 2 aromatic rings. The molecule has 2 N–H and O–H groups in total. The van der Waals surface area contributed by atoms with Gasteiger partial charge in [0.05, 0.1) is 13.0 Å². The largest absolute Gasteiger partial charge is 0.493 e. The first-order valence-electron chi connectivity index (χ1n) is 6.41. The highest BCUT2D eigenvalue weighted by atomic mass is 19.4. The van der Waals surface area contributed by atoms with Crippen LogP contribution < -0.4 is 10.5 Å². The van der Waals surface area contributed by atoms with Crippen LogP contribution in [0, 0.1) is 0 Å². The molecule has 0 unspecified atom stereocenters. The molecule has 0 saturated carbocycles. The van der Waals surface area contributed by atoms with Crippen LogP contribution in [0.5, 0.6) is 5.75 Å². The summed E-state index contributed by atoms with van der Waals surface area (Å²) >= 11 is 0. The molecule has 0 spiro atoms. The molecule has 20 heavy (non-hydrogen) atoms. The molecule has 0 saturated heterocycles. The predicted octanol–water partition coefficient (Wildman–Crippen LogP) is 3.67. The highest BCUT2D eigenvalue weighted by Crippen LogP contribution is 2.29. The zero-order valence-electron chi connectivity index (χ0n) is 10.9. The van der Waals surface area contributed by atoms with Gasteiger partial charge in [-0.05, 0) is 29.8 Å². The highest BCUT2D eigenvalue weighted by molar-refractivity contribution is 5.87. The van der Waals surface area contributed by atoms with E-state index in [9.17, 15) is 13.2 Å². The maximum atomic E-state index is 12.2. The number of nitrogens with two attached hydrogens (primary N) is 1. The topological polar surface area (TPSA) is 35.2 Å². The van der Waals surface area contributed by atoms with Gasteiger partial charge in [-0.25, -0.2) is 0 Å². The van der Waals surface area contributed by atoms with Gasteiger partial charge in [-0.3, -0.25) is 0 Å². The number of benzene rings is 2. The van der Waals surface area contributed by atoms with Crippen LogP contribution in [0.2, 0.25) is 0 Å². The first kappa shape index (κ1) is 14.7. The van der Waals surface area contributed by atoms with Crippen molar-refractivity contribution >= 4 is 10.8 Å². The Balaban J connectivity index is 2.25. The molecular weight excluding hydrogens is 267 g/mol. The van der Waals surface area contributed by atoms with Crippen molar-refractivity contribution in [3.63, 3.8) is 0 Å². The van der Waals surface area contributed by atoms with E-state index in [2.05, 4.69) is 0 Å². The second-order valence-corrected chi connectivity index (χ2v) is 4.52. The third kappa shape index (κ3) is 3.63. The van der Waals surface area contributed by atoms with Crippen LogP contribution in [-0.2, 0) is 6.42 Å². The molecule has 108 valence electrons. The van der Waals surface area contributed by atoms with E-state index in [-0.39, 0.29) is 6.61 Å². The summed E-state index contributed by atoms with van der Waals surface area (Å²) in [5.74, 6) is 0.485. The Morgan fingerprint density at radius 2 is 1.80 bits per heavy atom. The van der Waals surface area contributed by atoms with Crippen LogP contribution in [0.1, 0.15) is 12.0 Å². The summed E-state index contributed by atoms with van der Waals surface area (Å²) in [5, 5.41) is 2.00. The van der Waals surface area contributed by atoms with Gasteiger partial charge in [0.25, 0.3) is 0 Å². The van der Waals surface area contributed by atoms with Crippen LogP contribution >= 0.6 is 0 Å². The smallest absolute Gasteiger partial charge is 0.392 e. The van der Waals surface area contributed by atoms with Crippen molar-refractivity contribution in [3.05, 3.63) is 42.0 Å². The molecule has 0 aromatic heterocycles. The standard InChI is InChI=1S/C15H16F3NO/c16-15(17,18)8-10-20-14-6-5-11-3-1-2-4-12(11)13(14)7-9-19/h1-6H,7-10,19H2. The van der Waals surface area contributed by atoms with Crippen molar-refractivity contribution in [2.24, 2.45) is 5.73 Å². The number of alkyl halides is 3. The fraction of sp³-hybridized carbons (Fsp3) is 0.333. The van der Waals surface area contributed by atoms with Gasteiger partial charge >= 0.3 is 6.18 Å². The monoisotopic (exact) mass is 283 g/mol. The lowest BCUT2D eigenvalue weighted by molar-refractivity contribution is -0.139. The molecular formula is C15H16F3NO. The summed E-state index contributed by atoms with van der Waals surface area (Å²) in [6.07, 6.45) is -4.59. The maximum Gasteiger partial charge on any atom is 0.392 e. The molecule has 0 heterocycles. The summed E-state index contributed by atoms with van der Waals surface area (Å²) in [4.78, 5) is 0. The zero-order chi connectivity index (χ0) is 14.6. The summed E-state index contributed by atoms with van der Waals surface area (Å²) in [6.45, 7) is 0.0447. The van der Waals surface area contributed by atoms with Gasteiger partial charge in [0, 0.05) is 5.56 Å². The lowest BCUT2D eigenvalue weighted by Gasteiger charge is -2.14. The SMILES string of the molecule is NCCc1c(OCCC(F)(F)F)ccc2ccccc12. The molecule has 0 amide bonds. The lowest BCUT2D eigenvalue weighted by atomic mass is 10.0. The maximum absolute atomic E-state index is 12.2. The van der Waals surface area contributed by atoms with E-state index >= 15 is 0 Å². The molecule has 2 rings (SSSR count). The molecule has 5 heteroatoms. The van der Waals surface area contributed by atoms with Crippen molar-refractivity contribution in [2.75, 3.05) is 13.2 Å². The van der Waals surface area contributed by atoms with E-state index in [1.165, 1.54) is 0 Å². The Hall–Kier alpha value is -1.75. The molecule has 0 radical (unpaired) electrons. The van der Waals surface area contributed by atoms with E-state index in [0.717, 1.165) is 16.3 Å². The number of rotatable bonds is 5. The minimum Gasteiger partial charge on any atom is -0.493 e. The Morgan fingerprint density at radius 3 is 2.50 bits per heavy atom. The number of fused-ring (bicyclic) bond motifs is 1. The summed E-state index contributed by atoms with van der Waals surface area (Å²) in [6, 6.07) is 11.2. The van der Waals surface area contributed by atoms with Gasteiger partial charge in [-0.2, -0.15) is 13.2 Å². The van der Waals surface area contributed by atoms with Crippen LogP contribution in [0.15, 0.2) is 36.4 Å². The summed E-state index contributed by atoms with van der Waals surface area (Å²) < 4.78 is 41.8. The fourth-order valence-electron chi connectivity index (χ4n) is 2.13. The van der Waals surface area contributed by atoms with Crippen LogP contribution in [0.4, 0.5) is 13.2 Å². The number of hydrogen-bond donors (Lipinski definition) is 1. The van der Waals surface area contributed by atoms with Crippen molar-refractivity contribution in [3.8, 4) is 5.75 Å². The van der Waals surface area contributed by atoms with Gasteiger partial charge in [0.2, 0.25) is 0 Å². The van der Waals surface area contributed by atoms with Crippen molar-refractivity contribution in [1.82, 2.24) is 0 Å². The van der Waals surface area contributed by atoms with E-state index < -0.39 is 12.6 Å². The third-order valence-corrected chi connectivity index (χ3v) is 3.04. The second kappa shape index (κ2) is 6.13. The minimum atomic E-state index is -4.20. The Labute approximate surface area is 115 Å².